The Kier molecular flexibility index (Phi) is 2.88. The molecule has 0 spiro atoms. The van der Waals surface area contributed by atoms with Gasteiger partial charge in [-0.25, -0.2) is 0 Å². The van der Waals surface area contributed by atoms with E-state index in [0.29, 0.717) is 27.8 Å². The molecule has 0 unspecified atom stereocenters. The quantitative estimate of drug-likeness (QED) is 0.489. The summed E-state index contributed by atoms with van der Waals surface area (Å²) in [6, 6.07) is 10.8. The summed E-state index contributed by atoms with van der Waals surface area (Å²) in [5, 5.41) is 1.15. The summed E-state index contributed by atoms with van der Waals surface area (Å²) in [6.07, 6.45) is 0. The zero-order valence-corrected chi connectivity index (χ0v) is 11.6. The van der Waals surface area contributed by atoms with Crippen LogP contribution >= 0.6 is 27.5 Å². The van der Waals surface area contributed by atoms with Gasteiger partial charge in [-0.2, -0.15) is 0 Å². The Hall–Kier alpha value is -1.32. The van der Waals surface area contributed by atoms with Crippen molar-refractivity contribution in [2.24, 2.45) is 0 Å². The van der Waals surface area contributed by atoms with Crippen molar-refractivity contribution in [3.05, 3.63) is 56.7 Å². The van der Waals surface area contributed by atoms with Gasteiger partial charge >= 0.3 is 0 Å². The van der Waals surface area contributed by atoms with E-state index in [4.69, 9.17) is 16.0 Å². The number of hydrogen-bond acceptors (Lipinski definition) is 2. The molecule has 0 atom stereocenters. The van der Waals surface area contributed by atoms with Crippen molar-refractivity contribution in [1.29, 1.82) is 0 Å². The van der Waals surface area contributed by atoms with Gasteiger partial charge in [-0.05, 0) is 24.3 Å². The van der Waals surface area contributed by atoms with Crippen LogP contribution in [0, 0.1) is 0 Å². The van der Waals surface area contributed by atoms with Crippen molar-refractivity contribution in [1.82, 2.24) is 0 Å². The summed E-state index contributed by atoms with van der Waals surface area (Å²) in [6.45, 7) is 0. The Balaban J connectivity index is 2.56. The molecule has 0 saturated heterocycles. The smallest absolute Gasteiger partial charge is 0.200 e. The number of halogens is 2. The van der Waals surface area contributed by atoms with Crippen molar-refractivity contribution in [3.8, 4) is 0 Å². The molecule has 18 heavy (non-hydrogen) atoms. The minimum atomic E-state index is -0.0225. The van der Waals surface area contributed by atoms with Crippen LogP contribution < -0.4 is 5.43 Å². The lowest BCUT2D eigenvalue weighted by atomic mass is 10.1. The van der Waals surface area contributed by atoms with E-state index in [-0.39, 0.29) is 5.43 Å². The number of benzene rings is 2. The van der Waals surface area contributed by atoms with E-state index in [9.17, 15) is 4.79 Å². The first kappa shape index (κ1) is 11.8. The van der Waals surface area contributed by atoms with Gasteiger partial charge in [-0.1, -0.05) is 28.1 Å². The van der Waals surface area contributed by atoms with Gasteiger partial charge in [-0.15, -0.1) is 11.6 Å². The number of para-hydroxylation sites is 1. The molecule has 0 radical (unpaired) electrons. The van der Waals surface area contributed by atoms with E-state index in [0.717, 1.165) is 10.0 Å². The normalized spacial score (nSPS) is 11.2. The van der Waals surface area contributed by atoms with E-state index in [1.807, 2.05) is 18.2 Å². The molecule has 4 heteroatoms. The molecule has 1 heterocycles. The summed E-state index contributed by atoms with van der Waals surface area (Å²) in [5.41, 5.74) is 1.95. The maximum absolute atomic E-state index is 12.3. The van der Waals surface area contributed by atoms with Crippen LogP contribution in [0.3, 0.4) is 0 Å². The monoisotopic (exact) mass is 322 g/mol. The highest BCUT2D eigenvalue weighted by atomic mass is 79.9. The predicted molar refractivity (Wildman–Crippen MR) is 77.2 cm³/mol. The number of hydrogen-bond donors (Lipinski definition) is 0. The van der Waals surface area contributed by atoms with Crippen LogP contribution in [0.4, 0.5) is 0 Å². The van der Waals surface area contributed by atoms with Crippen LogP contribution in [-0.4, -0.2) is 0 Å². The van der Waals surface area contributed by atoms with Gasteiger partial charge in [0.05, 0.1) is 16.7 Å². The van der Waals surface area contributed by atoms with Gasteiger partial charge in [-0.3, -0.25) is 4.79 Å². The van der Waals surface area contributed by atoms with E-state index in [1.54, 1.807) is 18.2 Å². The van der Waals surface area contributed by atoms with Gasteiger partial charge in [0.1, 0.15) is 11.2 Å². The average Bonchev–Trinajstić information content (AvgIpc) is 2.38. The molecule has 90 valence electrons. The molecule has 2 aromatic carbocycles. The molecule has 3 rings (SSSR count). The van der Waals surface area contributed by atoms with E-state index >= 15 is 0 Å². The zero-order valence-electron chi connectivity index (χ0n) is 9.24. The second-order valence-corrected chi connectivity index (χ2v) is 5.18. The van der Waals surface area contributed by atoms with Crippen LogP contribution in [0.25, 0.3) is 21.9 Å². The minimum absolute atomic E-state index is 0.0225. The summed E-state index contributed by atoms with van der Waals surface area (Å²) in [4.78, 5) is 12.3. The summed E-state index contributed by atoms with van der Waals surface area (Å²) >= 11 is 9.24. The van der Waals surface area contributed by atoms with Crippen LogP contribution in [0.2, 0.25) is 0 Å². The highest BCUT2D eigenvalue weighted by Crippen LogP contribution is 2.24. The van der Waals surface area contributed by atoms with E-state index in [2.05, 4.69) is 15.9 Å². The Morgan fingerprint density at radius 2 is 2.00 bits per heavy atom. The van der Waals surface area contributed by atoms with Crippen LogP contribution in [-0.2, 0) is 5.88 Å². The van der Waals surface area contributed by atoms with Gasteiger partial charge in [0, 0.05) is 10.0 Å². The predicted octanol–water partition coefficient (Wildman–Crippen LogP) is 4.45. The average molecular weight is 324 g/mol. The van der Waals surface area contributed by atoms with Crippen molar-refractivity contribution >= 4 is 49.5 Å². The zero-order chi connectivity index (χ0) is 12.7. The maximum Gasteiger partial charge on any atom is 0.200 e. The molecule has 0 aliphatic heterocycles. The first-order valence-electron chi connectivity index (χ1n) is 5.40. The molecule has 0 bridgehead atoms. The summed E-state index contributed by atoms with van der Waals surface area (Å²) < 4.78 is 6.69. The number of alkyl halides is 1. The molecule has 0 saturated carbocycles. The highest BCUT2D eigenvalue weighted by molar-refractivity contribution is 9.10. The lowest BCUT2D eigenvalue weighted by Crippen LogP contribution is -2.02. The standard InChI is InChI=1S/C14H8BrClO2/c15-9-4-5-10-12(6-9)18-14-8(7-16)2-1-3-11(14)13(10)17/h1-6H,7H2. The van der Waals surface area contributed by atoms with Crippen molar-refractivity contribution < 1.29 is 4.42 Å². The highest BCUT2D eigenvalue weighted by Gasteiger charge is 2.10. The third-order valence-corrected chi connectivity index (χ3v) is 3.67. The lowest BCUT2D eigenvalue weighted by molar-refractivity contribution is 0.656. The Morgan fingerprint density at radius 1 is 1.17 bits per heavy atom. The molecule has 2 nitrogen and oxygen atoms in total. The Morgan fingerprint density at radius 3 is 2.78 bits per heavy atom. The lowest BCUT2D eigenvalue weighted by Gasteiger charge is -2.04. The Bertz CT molecular complexity index is 808. The van der Waals surface area contributed by atoms with Gasteiger partial charge in [0.15, 0.2) is 0 Å². The third-order valence-electron chi connectivity index (χ3n) is 2.89. The van der Waals surface area contributed by atoms with Crippen molar-refractivity contribution in [2.45, 2.75) is 5.88 Å². The molecule has 3 aromatic rings. The number of fused-ring (bicyclic) bond motifs is 2. The fourth-order valence-electron chi connectivity index (χ4n) is 2.01. The Labute approximate surface area is 116 Å². The van der Waals surface area contributed by atoms with Gasteiger partial charge < -0.3 is 4.42 Å². The van der Waals surface area contributed by atoms with E-state index < -0.39 is 0 Å². The first-order valence-corrected chi connectivity index (χ1v) is 6.73. The summed E-state index contributed by atoms with van der Waals surface area (Å²) in [7, 11) is 0. The summed E-state index contributed by atoms with van der Waals surface area (Å²) in [5.74, 6) is 0.319. The van der Waals surface area contributed by atoms with Gasteiger partial charge in [0.2, 0.25) is 5.43 Å². The maximum atomic E-state index is 12.3. The first-order chi connectivity index (χ1) is 8.70. The molecule has 0 fully saturated rings. The molecule has 0 aliphatic carbocycles. The number of rotatable bonds is 1. The van der Waals surface area contributed by atoms with Crippen molar-refractivity contribution in [3.63, 3.8) is 0 Å². The topological polar surface area (TPSA) is 30.2 Å². The largest absolute Gasteiger partial charge is 0.455 e. The van der Waals surface area contributed by atoms with Crippen LogP contribution in [0.1, 0.15) is 5.56 Å². The molecule has 0 amide bonds. The fraction of sp³-hybridized carbons (Fsp3) is 0.0714. The van der Waals surface area contributed by atoms with Crippen LogP contribution in [0.15, 0.2) is 50.1 Å². The molecular formula is C14H8BrClO2. The molecule has 1 aromatic heterocycles. The van der Waals surface area contributed by atoms with E-state index in [1.165, 1.54) is 0 Å². The molecular weight excluding hydrogens is 316 g/mol. The SMILES string of the molecule is O=c1c2ccc(Br)cc2oc2c(CCl)cccc12. The minimum Gasteiger partial charge on any atom is -0.455 e. The second kappa shape index (κ2) is 4.41. The fourth-order valence-corrected chi connectivity index (χ4v) is 2.56. The molecule has 0 aliphatic rings. The van der Waals surface area contributed by atoms with Gasteiger partial charge in [0.25, 0.3) is 0 Å². The third kappa shape index (κ3) is 1.74. The second-order valence-electron chi connectivity index (χ2n) is 4.00. The molecule has 0 N–H and O–H groups in total. The van der Waals surface area contributed by atoms with Crippen molar-refractivity contribution in [2.75, 3.05) is 0 Å². The van der Waals surface area contributed by atoms with Crippen LogP contribution in [0.5, 0.6) is 0 Å².